The number of rotatable bonds is 4. The van der Waals surface area contributed by atoms with Gasteiger partial charge in [-0.2, -0.15) is 4.98 Å². The highest BCUT2D eigenvalue weighted by atomic mass is 16.5. The third kappa shape index (κ3) is 3.07. The zero-order valence-electron chi connectivity index (χ0n) is 15.9. The maximum absolute atomic E-state index is 5.35. The van der Waals surface area contributed by atoms with E-state index >= 15 is 0 Å². The Morgan fingerprint density at radius 2 is 1.82 bits per heavy atom. The van der Waals surface area contributed by atoms with Gasteiger partial charge < -0.3 is 15.0 Å². The molecule has 0 saturated carbocycles. The summed E-state index contributed by atoms with van der Waals surface area (Å²) in [5, 5.41) is 3.42. The Bertz CT molecular complexity index is 1090. The maximum Gasteiger partial charge on any atom is 0.228 e. The van der Waals surface area contributed by atoms with E-state index in [4.69, 9.17) is 9.72 Å². The molecule has 2 aliphatic rings. The van der Waals surface area contributed by atoms with Crippen LogP contribution in [0.4, 0.5) is 17.5 Å². The first-order chi connectivity index (χ1) is 13.7. The first kappa shape index (κ1) is 16.7. The lowest BCUT2D eigenvalue weighted by atomic mass is 10.1. The number of aryl methyl sites for hydroxylation is 1. The average Bonchev–Trinajstić information content (AvgIpc) is 3.33. The van der Waals surface area contributed by atoms with Crippen molar-refractivity contribution in [1.29, 1.82) is 0 Å². The zero-order chi connectivity index (χ0) is 19.1. The van der Waals surface area contributed by atoms with Crippen LogP contribution in [0.2, 0.25) is 0 Å². The standard InChI is InChI=1S/C22H21N5O/c1-14-7-21(25-19-5-3-15-10-23-11-17(15)8-19)26-22(24-14)27-12-16-4-6-20(28-2)9-18(16)13-27/h3-9,11H,10,12-13H2,1-2H3,(H,24,25,26). The van der Waals surface area contributed by atoms with Gasteiger partial charge in [-0.3, -0.25) is 4.99 Å². The van der Waals surface area contributed by atoms with Gasteiger partial charge in [0.05, 0.1) is 13.7 Å². The predicted molar refractivity (Wildman–Crippen MR) is 111 cm³/mol. The second kappa shape index (κ2) is 6.64. The molecule has 3 heterocycles. The van der Waals surface area contributed by atoms with Crippen LogP contribution >= 0.6 is 0 Å². The van der Waals surface area contributed by atoms with Gasteiger partial charge in [-0.1, -0.05) is 12.1 Å². The molecule has 2 aliphatic heterocycles. The number of hydrogen-bond acceptors (Lipinski definition) is 6. The number of methoxy groups -OCH3 is 1. The number of nitrogens with zero attached hydrogens (tertiary/aromatic N) is 4. The Balaban J connectivity index is 1.40. The summed E-state index contributed by atoms with van der Waals surface area (Å²) in [5.41, 5.74) is 6.92. The number of aliphatic imine (C=N–C) groups is 1. The van der Waals surface area contributed by atoms with Crippen LogP contribution in [0, 0.1) is 6.92 Å². The third-order valence-corrected chi connectivity index (χ3v) is 5.17. The summed E-state index contributed by atoms with van der Waals surface area (Å²) in [7, 11) is 1.70. The Kier molecular flexibility index (Phi) is 3.97. The van der Waals surface area contributed by atoms with E-state index in [1.165, 1.54) is 22.3 Å². The molecule has 0 atom stereocenters. The molecule has 28 heavy (non-hydrogen) atoms. The quantitative estimate of drug-likeness (QED) is 0.751. The number of benzene rings is 2. The van der Waals surface area contributed by atoms with E-state index in [9.17, 15) is 0 Å². The van der Waals surface area contributed by atoms with Gasteiger partial charge in [-0.15, -0.1) is 0 Å². The van der Waals surface area contributed by atoms with E-state index in [-0.39, 0.29) is 0 Å². The highest BCUT2D eigenvalue weighted by Gasteiger charge is 2.22. The normalized spacial score (nSPS) is 14.1. The van der Waals surface area contributed by atoms with E-state index in [2.05, 4.69) is 50.5 Å². The van der Waals surface area contributed by atoms with Gasteiger partial charge in [0.1, 0.15) is 11.6 Å². The lowest BCUT2D eigenvalue weighted by Crippen LogP contribution is -2.18. The molecule has 2 aromatic carbocycles. The largest absolute Gasteiger partial charge is 0.497 e. The van der Waals surface area contributed by atoms with Crippen LogP contribution in [0.15, 0.2) is 47.5 Å². The van der Waals surface area contributed by atoms with Gasteiger partial charge >= 0.3 is 0 Å². The Morgan fingerprint density at radius 3 is 2.71 bits per heavy atom. The molecule has 0 bridgehead atoms. The summed E-state index contributed by atoms with van der Waals surface area (Å²) in [6, 6.07) is 14.5. The van der Waals surface area contributed by atoms with E-state index in [0.29, 0.717) is 0 Å². The van der Waals surface area contributed by atoms with Gasteiger partial charge in [0.25, 0.3) is 0 Å². The molecule has 1 N–H and O–H groups in total. The molecule has 5 rings (SSSR count). The minimum Gasteiger partial charge on any atom is -0.497 e. The van der Waals surface area contributed by atoms with Gasteiger partial charge in [0.15, 0.2) is 0 Å². The summed E-state index contributed by atoms with van der Waals surface area (Å²) in [6.45, 7) is 4.35. The van der Waals surface area contributed by atoms with E-state index in [1.807, 2.05) is 25.3 Å². The molecule has 1 aromatic heterocycles. The second-order valence-electron chi connectivity index (χ2n) is 7.19. The van der Waals surface area contributed by atoms with Crippen LogP contribution in [0.3, 0.4) is 0 Å². The molecule has 0 aliphatic carbocycles. The van der Waals surface area contributed by atoms with Crippen LogP contribution in [-0.2, 0) is 19.6 Å². The fourth-order valence-electron chi connectivity index (χ4n) is 3.72. The van der Waals surface area contributed by atoms with Crippen molar-refractivity contribution in [2.45, 2.75) is 26.6 Å². The highest BCUT2D eigenvalue weighted by Crippen LogP contribution is 2.30. The predicted octanol–water partition coefficient (Wildman–Crippen LogP) is 3.99. The zero-order valence-corrected chi connectivity index (χ0v) is 15.9. The summed E-state index contributed by atoms with van der Waals surface area (Å²) in [5.74, 6) is 2.42. The molecular weight excluding hydrogens is 350 g/mol. The number of anilines is 3. The number of hydrogen-bond donors (Lipinski definition) is 1. The van der Waals surface area contributed by atoms with Crippen molar-refractivity contribution in [3.8, 4) is 5.75 Å². The van der Waals surface area contributed by atoms with Crippen molar-refractivity contribution in [2.24, 2.45) is 4.99 Å². The minimum atomic E-state index is 0.736. The van der Waals surface area contributed by atoms with Crippen molar-refractivity contribution in [3.05, 3.63) is 70.4 Å². The van der Waals surface area contributed by atoms with Gasteiger partial charge in [-0.25, -0.2) is 4.98 Å². The van der Waals surface area contributed by atoms with Crippen LogP contribution < -0.4 is 15.0 Å². The Hall–Kier alpha value is -3.41. The fraction of sp³-hybridized carbons (Fsp3) is 0.227. The van der Waals surface area contributed by atoms with Gasteiger partial charge in [-0.05, 0) is 53.4 Å². The molecule has 6 heteroatoms. The molecule has 140 valence electrons. The molecule has 0 amide bonds. The van der Waals surface area contributed by atoms with Gasteiger partial charge in [0, 0.05) is 36.8 Å². The fourth-order valence-corrected chi connectivity index (χ4v) is 3.72. The van der Waals surface area contributed by atoms with Crippen molar-refractivity contribution in [3.63, 3.8) is 0 Å². The minimum absolute atomic E-state index is 0.736. The monoisotopic (exact) mass is 371 g/mol. The molecule has 0 fully saturated rings. The Morgan fingerprint density at radius 1 is 0.964 bits per heavy atom. The van der Waals surface area contributed by atoms with Crippen molar-refractivity contribution in [1.82, 2.24) is 9.97 Å². The molecule has 0 spiro atoms. The summed E-state index contributed by atoms with van der Waals surface area (Å²) < 4.78 is 5.35. The topological polar surface area (TPSA) is 62.6 Å². The van der Waals surface area contributed by atoms with E-state index < -0.39 is 0 Å². The van der Waals surface area contributed by atoms with Gasteiger partial charge in [0.2, 0.25) is 5.95 Å². The lowest BCUT2D eigenvalue weighted by Gasteiger charge is -2.17. The number of fused-ring (bicyclic) bond motifs is 2. The summed E-state index contributed by atoms with van der Waals surface area (Å²) >= 11 is 0. The summed E-state index contributed by atoms with van der Waals surface area (Å²) in [6.07, 6.45) is 1.92. The van der Waals surface area contributed by atoms with E-state index in [0.717, 1.165) is 48.5 Å². The molecule has 0 saturated heterocycles. The molecule has 6 nitrogen and oxygen atoms in total. The van der Waals surface area contributed by atoms with E-state index in [1.54, 1.807) is 7.11 Å². The smallest absolute Gasteiger partial charge is 0.228 e. The molecule has 0 unspecified atom stereocenters. The Labute approximate surface area is 163 Å². The average molecular weight is 371 g/mol. The first-order valence-corrected chi connectivity index (χ1v) is 9.34. The number of nitrogens with one attached hydrogen (secondary N) is 1. The van der Waals surface area contributed by atoms with Crippen molar-refractivity contribution >= 4 is 23.7 Å². The SMILES string of the molecule is COc1ccc2c(c1)CN(c1nc(C)cc(Nc3ccc4c(c3)C=NC4)n1)C2. The second-order valence-corrected chi connectivity index (χ2v) is 7.19. The van der Waals surface area contributed by atoms with Crippen LogP contribution in [0.1, 0.15) is 27.9 Å². The van der Waals surface area contributed by atoms with Crippen LogP contribution in [0.25, 0.3) is 0 Å². The van der Waals surface area contributed by atoms with Crippen LogP contribution in [0.5, 0.6) is 5.75 Å². The lowest BCUT2D eigenvalue weighted by molar-refractivity contribution is 0.414. The first-order valence-electron chi connectivity index (χ1n) is 9.34. The molecule has 3 aromatic rings. The van der Waals surface area contributed by atoms with Crippen molar-refractivity contribution < 1.29 is 4.74 Å². The third-order valence-electron chi connectivity index (χ3n) is 5.17. The molecule has 0 radical (unpaired) electrons. The van der Waals surface area contributed by atoms with Crippen molar-refractivity contribution in [2.75, 3.05) is 17.3 Å². The van der Waals surface area contributed by atoms with Crippen LogP contribution in [-0.4, -0.2) is 23.3 Å². The molecular formula is C22H21N5O. The number of aromatic nitrogens is 2. The maximum atomic E-state index is 5.35. The summed E-state index contributed by atoms with van der Waals surface area (Å²) in [4.78, 5) is 15.9. The number of ether oxygens (including phenoxy) is 1. The highest BCUT2D eigenvalue weighted by molar-refractivity contribution is 5.86.